The van der Waals surface area contributed by atoms with Crippen molar-refractivity contribution >= 4 is 32.5 Å². The fourth-order valence-electron chi connectivity index (χ4n) is 5.10. The number of carbonyl (C=O) groups excluding carboxylic acids is 1. The van der Waals surface area contributed by atoms with E-state index < -0.39 is 16.0 Å². The lowest BCUT2D eigenvalue weighted by Crippen LogP contribution is -2.54. The van der Waals surface area contributed by atoms with Gasteiger partial charge in [0.25, 0.3) is 16.0 Å². The number of pyridine rings is 1. The molecule has 0 bridgehead atoms. The zero-order valence-corrected chi connectivity index (χ0v) is 22.1. The molecule has 1 fully saturated rings. The molecule has 2 heterocycles. The molecule has 3 aromatic carbocycles. The van der Waals surface area contributed by atoms with Crippen LogP contribution in [0.5, 0.6) is 5.75 Å². The summed E-state index contributed by atoms with van der Waals surface area (Å²) in [6.07, 6.45) is 2.03. The number of phenols is 1. The molecule has 1 atom stereocenters. The van der Waals surface area contributed by atoms with Crippen molar-refractivity contribution < 1.29 is 22.9 Å². The third kappa shape index (κ3) is 6.19. The van der Waals surface area contributed by atoms with Gasteiger partial charge in [-0.3, -0.25) is 19.2 Å². The number of phenolic OH excluding ortho intramolecular Hbond substituents is 1. The third-order valence-electron chi connectivity index (χ3n) is 7.12. The van der Waals surface area contributed by atoms with E-state index in [0.717, 1.165) is 31.7 Å². The zero-order valence-electron chi connectivity index (χ0n) is 21.3. The second kappa shape index (κ2) is 11.4. The maximum Gasteiger partial charge on any atom is 0.295 e. The molecule has 1 aliphatic heterocycles. The van der Waals surface area contributed by atoms with E-state index in [1.807, 2.05) is 30.3 Å². The molecule has 0 aliphatic carbocycles. The number of hydrogen-bond donors (Lipinski definition) is 3. The van der Waals surface area contributed by atoms with Gasteiger partial charge in [0.15, 0.2) is 0 Å². The van der Waals surface area contributed by atoms with Crippen LogP contribution >= 0.6 is 0 Å². The Balaban J connectivity index is 1.34. The summed E-state index contributed by atoms with van der Waals surface area (Å²) in [5.41, 5.74) is 2.32. The Morgan fingerprint density at radius 3 is 2.31 bits per heavy atom. The van der Waals surface area contributed by atoms with Crippen molar-refractivity contribution in [1.82, 2.24) is 15.2 Å². The largest absolute Gasteiger partial charge is 0.508 e. The molecule has 1 aliphatic rings. The summed E-state index contributed by atoms with van der Waals surface area (Å²) < 4.78 is 33.3. The standard InChI is InChI=1S/C29H30N4O5S/c34-24-11-9-21(10-12-24)19-23(33-17-15-32(16-18-33)22-5-2-1-3-6-22)20-31-29(35)28-26-7-4-8-27(39(36,37)38)25(26)13-14-30-28/h1-14,23,34H,15-20H2,(H,31,35)(H,36,37,38). The number of amides is 1. The molecule has 0 spiro atoms. The van der Waals surface area contributed by atoms with Gasteiger partial charge in [0, 0.05) is 61.4 Å². The molecule has 4 aromatic rings. The van der Waals surface area contributed by atoms with E-state index in [2.05, 4.69) is 32.2 Å². The highest BCUT2D eigenvalue weighted by molar-refractivity contribution is 7.86. The summed E-state index contributed by atoms with van der Waals surface area (Å²) in [6, 6.07) is 23.2. The fourth-order valence-corrected chi connectivity index (χ4v) is 5.80. The van der Waals surface area contributed by atoms with Gasteiger partial charge in [0.1, 0.15) is 16.3 Å². The first kappa shape index (κ1) is 26.6. The van der Waals surface area contributed by atoms with Crippen molar-refractivity contribution in [3.05, 3.63) is 96.3 Å². The molecule has 3 N–H and O–H groups in total. The first-order valence-electron chi connectivity index (χ1n) is 12.7. The van der Waals surface area contributed by atoms with Crippen molar-refractivity contribution in [2.45, 2.75) is 17.4 Å². The van der Waals surface area contributed by atoms with E-state index in [-0.39, 0.29) is 27.8 Å². The number of aromatic hydroxyl groups is 1. The number of anilines is 1. The van der Waals surface area contributed by atoms with Crippen LogP contribution in [0.15, 0.2) is 90.0 Å². The second-order valence-electron chi connectivity index (χ2n) is 9.58. The van der Waals surface area contributed by atoms with Gasteiger partial charge in [-0.2, -0.15) is 8.42 Å². The highest BCUT2D eigenvalue weighted by atomic mass is 32.2. The van der Waals surface area contributed by atoms with Gasteiger partial charge < -0.3 is 15.3 Å². The molecule has 10 heteroatoms. The number of rotatable bonds is 8. The third-order valence-corrected chi connectivity index (χ3v) is 8.03. The number of nitrogens with one attached hydrogen (secondary N) is 1. The zero-order chi connectivity index (χ0) is 27.4. The van der Waals surface area contributed by atoms with Gasteiger partial charge in [-0.05, 0) is 48.4 Å². The Morgan fingerprint density at radius 1 is 0.897 bits per heavy atom. The topological polar surface area (TPSA) is 123 Å². The van der Waals surface area contributed by atoms with Crippen LogP contribution in [0.4, 0.5) is 5.69 Å². The Bertz CT molecular complexity index is 1550. The van der Waals surface area contributed by atoms with E-state index in [4.69, 9.17) is 0 Å². The Morgan fingerprint density at radius 2 is 1.62 bits per heavy atom. The van der Waals surface area contributed by atoms with E-state index in [1.165, 1.54) is 30.1 Å². The number of fused-ring (bicyclic) bond motifs is 1. The van der Waals surface area contributed by atoms with Crippen molar-refractivity contribution in [1.29, 1.82) is 0 Å². The van der Waals surface area contributed by atoms with Gasteiger partial charge in [-0.15, -0.1) is 0 Å². The summed E-state index contributed by atoms with van der Waals surface area (Å²) in [4.78, 5) is 22.0. The Kier molecular flexibility index (Phi) is 7.78. The van der Waals surface area contributed by atoms with Crippen LogP contribution in [0.3, 0.4) is 0 Å². The number of piperazine rings is 1. The molecule has 5 rings (SSSR count). The number of carbonyl (C=O) groups is 1. The van der Waals surface area contributed by atoms with Crippen molar-refractivity contribution in [2.75, 3.05) is 37.6 Å². The van der Waals surface area contributed by atoms with Crippen molar-refractivity contribution in [2.24, 2.45) is 0 Å². The molecule has 1 amide bonds. The number of benzene rings is 3. The minimum Gasteiger partial charge on any atom is -0.508 e. The van der Waals surface area contributed by atoms with Crippen molar-refractivity contribution in [3.8, 4) is 5.75 Å². The minimum atomic E-state index is -4.46. The quantitative estimate of drug-likeness (QED) is 0.288. The maximum atomic E-state index is 13.3. The van der Waals surface area contributed by atoms with Crippen LogP contribution in [0, 0.1) is 0 Å². The van der Waals surface area contributed by atoms with E-state index in [0.29, 0.717) is 18.4 Å². The fraction of sp³-hybridized carbons (Fsp3) is 0.241. The van der Waals surface area contributed by atoms with Crippen LogP contribution < -0.4 is 10.2 Å². The summed E-state index contributed by atoms with van der Waals surface area (Å²) in [6.45, 7) is 3.69. The average molecular weight is 547 g/mol. The smallest absolute Gasteiger partial charge is 0.295 e. The molecule has 1 aromatic heterocycles. The minimum absolute atomic E-state index is 0.0141. The lowest BCUT2D eigenvalue weighted by atomic mass is 10.0. The van der Waals surface area contributed by atoms with Gasteiger partial charge in [0.2, 0.25) is 0 Å². The summed E-state index contributed by atoms with van der Waals surface area (Å²) in [7, 11) is -4.46. The molecular weight excluding hydrogens is 516 g/mol. The van der Waals surface area contributed by atoms with Crippen LogP contribution in [-0.2, 0) is 16.5 Å². The van der Waals surface area contributed by atoms with Gasteiger partial charge >= 0.3 is 0 Å². The van der Waals surface area contributed by atoms with Gasteiger partial charge in [-0.25, -0.2) is 0 Å². The number of nitrogens with zero attached hydrogens (tertiary/aromatic N) is 3. The average Bonchev–Trinajstić information content (AvgIpc) is 2.95. The maximum absolute atomic E-state index is 13.3. The summed E-state index contributed by atoms with van der Waals surface area (Å²) >= 11 is 0. The predicted octanol–water partition coefficient (Wildman–Crippen LogP) is 3.35. The lowest BCUT2D eigenvalue weighted by Gasteiger charge is -2.40. The van der Waals surface area contributed by atoms with E-state index >= 15 is 0 Å². The predicted molar refractivity (Wildman–Crippen MR) is 150 cm³/mol. The SMILES string of the molecule is O=C(NCC(Cc1ccc(O)cc1)N1CCN(c2ccccc2)CC1)c1nccc2c(S(=O)(=O)O)cccc12. The molecule has 39 heavy (non-hydrogen) atoms. The molecule has 1 saturated heterocycles. The molecule has 0 saturated carbocycles. The van der Waals surface area contributed by atoms with Crippen LogP contribution in [0.1, 0.15) is 16.1 Å². The Labute approximate surface area is 227 Å². The molecule has 9 nitrogen and oxygen atoms in total. The van der Waals surface area contributed by atoms with Gasteiger partial charge in [-0.1, -0.05) is 42.5 Å². The van der Waals surface area contributed by atoms with Crippen LogP contribution in [0.25, 0.3) is 10.8 Å². The number of para-hydroxylation sites is 1. The highest BCUT2D eigenvalue weighted by Crippen LogP contribution is 2.25. The monoisotopic (exact) mass is 546 g/mol. The van der Waals surface area contributed by atoms with E-state index in [1.54, 1.807) is 18.2 Å². The first-order valence-corrected chi connectivity index (χ1v) is 14.2. The first-order chi connectivity index (χ1) is 18.8. The summed E-state index contributed by atoms with van der Waals surface area (Å²) in [5.74, 6) is -0.224. The van der Waals surface area contributed by atoms with Crippen molar-refractivity contribution in [3.63, 3.8) is 0 Å². The molecule has 202 valence electrons. The highest BCUT2D eigenvalue weighted by Gasteiger charge is 2.26. The molecular formula is C29H30N4O5S. The summed E-state index contributed by atoms with van der Waals surface area (Å²) in [5, 5.41) is 13.3. The van der Waals surface area contributed by atoms with E-state index in [9.17, 15) is 22.9 Å². The molecule has 0 radical (unpaired) electrons. The number of aromatic nitrogens is 1. The Hall–Kier alpha value is -3.99. The second-order valence-corrected chi connectivity index (χ2v) is 11.0. The molecule has 1 unspecified atom stereocenters. The van der Waals surface area contributed by atoms with Crippen LogP contribution in [0.2, 0.25) is 0 Å². The lowest BCUT2D eigenvalue weighted by molar-refractivity contribution is 0.0926. The normalized spacial score (nSPS) is 15.3. The van der Waals surface area contributed by atoms with Gasteiger partial charge in [0.05, 0.1) is 0 Å². The number of hydrogen-bond acceptors (Lipinski definition) is 7. The van der Waals surface area contributed by atoms with Crippen LogP contribution in [-0.4, -0.2) is 72.6 Å².